The number of nitrogens with zero attached hydrogens (tertiary/aromatic N) is 3. The predicted molar refractivity (Wildman–Crippen MR) is 77.1 cm³/mol. The van der Waals surface area contributed by atoms with Crippen LogP contribution in [0.15, 0.2) is 37.1 Å². The minimum atomic E-state index is 0.370. The largest absolute Gasteiger partial charge is 0.313 e. The molecule has 2 rings (SSSR count). The zero-order valence-corrected chi connectivity index (χ0v) is 11.9. The maximum atomic E-state index is 4.43. The molecule has 0 aliphatic heterocycles. The number of hydrogen-bond donors (Lipinski definition) is 1. The molecule has 0 saturated heterocycles. The molecule has 2 heterocycles. The van der Waals surface area contributed by atoms with Crippen molar-refractivity contribution in [2.24, 2.45) is 5.41 Å². The molecule has 0 aliphatic rings. The summed E-state index contributed by atoms with van der Waals surface area (Å²) < 4.78 is 1.95. The van der Waals surface area contributed by atoms with Crippen LogP contribution in [0.3, 0.4) is 0 Å². The lowest BCUT2D eigenvalue weighted by Gasteiger charge is -2.18. The van der Waals surface area contributed by atoms with Crippen molar-refractivity contribution < 1.29 is 0 Å². The zero-order chi connectivity index (χ0) is 13.7. The second kappa shape index (κ2) is 5.97. The summed E-state index contributed by atoms with van der Waals surface area (Å²) in [6.07, 6.45) is 8.44. The monoisotopic (exact) mass is 258 g/mol. The van der Waals surface area contributed by atoms with E-state index in [1.54, 1.807) is 12.5 Å². The lowest BCUT2D eigenvalue weighted by atomic mass is 9.92. The summed E-state index contributed by atoms with van der Waals surface area (Å²) in [4.78, 5) is 8.50. The molecule has 0 amide bonds. The standard InChI is InChI=1S/C15H22N4/c1-15(2,3)6-8-16-11-13-5-4-7-18-14(13)19-10-9-17-12-19/h4-5,7,9-10,12,16H,6,8,11H2,1-3H3. The molecule has 4 nitrogen and oxygen atoms in total. The van der Waals surface area contributed by atoms with Gasteiger partial charge in [0.15, 0.2) is 0 Å². The topological polar surface area (TPSA) is 42.7 Å². The van der Waals surface area contributed by atoms with E-state index in [0.29, 0.717) is 5.41 Å². The van der Waals surface area contributed by atoms with Crippen LogP contribution in [0.1, 0.15) is 32.8 Å². The molecule has 4 heteroatoms. The fourth-order valence-corrected chi connectivity index (χ4v) is 1.87. The van der Waals surface area contributed by atoms with Gasteiger partial charge in [-0.1, -0.05) is 26.8 Å². The summed E-state index contributed by atoms with van der Waals surface area (Å²) in [5.41, 5.74) is 1.56. The van der Waals surface area contributed by atoms with Crippen molar-refractivity contribution in [1.82, 2.24) is 19.9 Å². The van der Waals surface area contributed by atoms with Crippen LogP contribution in [0.25, 0.3) is 5.82 Å². The Morgan fingerprint density at radius 2 is 2.11 bits per heavy atom. The van der Waals surface area contributed by atoms with Crippen LogP contribution in [-0.4, -0.2) is 21.1 Å². The van der Waals surface area contributed by atoms with Crippen LogP contribution < -0.4 is 5.32 Å². The molecule has 1 N–H and O–H groups in total. The van der Waals surface area contributed by atoms with Gasteiger partial charge in [-0.15, -0.1) is 0 Å². The van der Waals surface area contributed by atoms with Crippen molar-refractivity contribution in [1.29, 1.82) is 0 Å². The van der Waals surface area contributed by atoms with E-state index in [4.69, 9.17) is 0 Å². The third-order valence-electron chi connectivity index (χ3n) is 2.98. The molecule has 102 valence electrons. The highest BCUT2D eigenvalue weighted by Gasteiger charge is 2.09. The predicted octanol–water partition coefficient (Wildman–Crippen LogP) is 2.79. The summed E-state index contributed by atoms with van der Waals surface area (Å²) in [7, 11) is 0. The number of rotatable bonds is 5. The first-order chi connectivity index (χ1) is 9.06. The molecule has 0 bridgehead atoms. The van der Waals surface area contributed by atoms with E-state index >= 15 is 0 Å². The molecule has 2 aromatic rings. The van der Waals surface area contributed by atoms with Crippen LogP contribution >= 0.6 is 0 Å². The Labute approximate surface area is 114 Å². The fourth-order valence-electron chi connectivity index (χ4n) is 1.87. The molecule has 0 radical (unpaired) electrons. The van der Waals surface area contributed by atoms with Gasteiger partial charge in [0.25, 0.3) is 0 Å². The van der Waals surface area contributed by atoms with Crippen LogP contribution in [0, 0.1) is 5.41 Å². The van der Waals surface area contributed by atoms with Gasteiger partial charge in [-0.05, 0) is 24.4 Å². The number of aromatic nitrogens is 3. The number of hydrogen-bond acceptors (Lipinski definition) is 3. The van der Waals surface area contributed by atoms with Gasteiger partial charge in [0.1, 0.15) is 12.1 Å². The first-order valence-corrected chi connectivity index (χ1v) is 6.69. The van der Waals surface area contributed by atoms with Gasteiger partial charge in [-0.2, -0.15) is 0 Å². The highest BCUT2D eigenvalue weighted by Crippen LogP contribution is 2.17. The second-order valence-corrected chi connectivity index (χ2v) is 5.94. The Bertz CT molecular complexity index is 497. The molecule has 0 aromatic carbocycles. The average molecular weight is 258 g/mol. The van der Waals surface area contributed by atoms with E-state index in [-0.39, 0.29) is 0 Å². The molecule has 0 atom stereocenters. The number of imidazole rings is 1. The van der Waals surface area contributed by atoms with E-state index in [1.807, 2.05) is 23.0 Å². The molecule has 0 unspecified atom stereocenters. The van der Waals surface area contributed by atoms with Crippen LogP contribution in [-0.2, 0) is 6.54 Å². The second-order valence-electron chi connectivity index (χ2n) is 5.94. The van der Waals surface area contributed by atoms with Gasteiger partial charge in [0.2, 0.25) is 0 Å². The quantitative estimate of drug-likeness (QED) is 0.839. The van der Waals surface area contributed by atoms with Crippen LogP contribution in [0.5, 0.6) is 0 Å². The lowest BCUT2D eigenvalue weighted by molar-refractivity contribution is 0.366. The first kappa shape index (κ1) is 13.7. The minimum absolute atomic E-state index is 0.370. The van der Waals surface area contributed by atoms with Gasteiger partial charge in [0.05, 0.1) is 0 Å². The normalized spacial score (nSPS) is 11.7. The van der Waals surface area contributed by atoms with Crippen molar-refractivity contribution in [2.75, 3.05) is 6.54 Å². The van der Waals surface area contributed by atoms with Gasteiger partial charge in [-0.3, -0.25) is 4.57 Å². The fraction of sp³-hybridized carbons (Fsp3) is 0.467. The van der Waals surface area contributed by atoms with Gasteiger partial charge in [-0.25, -0.2) is 9.97 Å². The maximum absolute atomic E-state index is 4.43. The van der Waals surface area contributed by atoms with Crippen molar-refractivity contribution in [3.8, 4) is 5.82 Å². The summed E-state index contributed by atoms with van der Waals surface area (Å²) >= 11 is 0. The maximum Gasteiger partial charge on any atom is 0.142 e. The number of pyridine rings is 1. The SMILES string of the molecule is CC(C)(C)CCNCc1cccnc1-n1ccnc1. The van der Waals surface area contributed by atoms with Crippen LogP contribution in [0.2, 0.25) is 0 Å². The Morgan fingerprint density at radius 3 is 2.79 bits per heavy atom. The van der Waals surface area contributed by atoms with E-state index in [1.165, 1.54) is 5.56 Å². The third-order valence-corrected chi connectivity index (χ3v) is 2.98. The molecule has 0 aliphatic carbocycles. The van der Waals surface area contributed by atoms with E-state index < -0.39 is 0 Å². The highest BCUT2D eigenvalue weighted by atomic mass is 15.1. The molecule has 0 spiro atoms. The molecular formula is C15H22N4. The summed E-state index contributed by atoms with van der Waals surface area (Å²) in [5.74, 6) is 0.947. The summed E-state index contributed by atoms with van der Waals surface area (Å²) in [5, 5.41) is 3.49. The Morgan fingerprint density at radius 1 is 1.26 bits per heavy atom. The van der Waals surface area contributed by atoms with E-state index in [2.05, 4.69) is 42.1 Å². The number of nitrogens with one attached hydrogen (secondary N) is 1. The zero-order valence-electron chi connectivity index (χ0n) is 11.9. The average Bonchev–Trinajstić information content (AvgIpc) is 2.88. The van der Waals surface area contributed by atoms with Crippen LogP contribution in [0.4, 0.5) is 0 Å². The molecule has 2 aromatic heterocycles. The van der Waals surface area contributed by atoms with E-state index in [0.717, 1.165) is 25.3 Å². The van der Waals surface area contributed by atoms with Gasteiger partial charge in [0, 0.05) is 30.7 Å². The van der Waals surface area contributed by atoms with E-state index in [9.17, 15) is 0 Å². The highest BCUT2D eigenvalue weighted by molar-refractivity contribution is 5.33. The molecule has 0 saturated carbocycles. The summed E-state index contributed by atoms with van der Waals surface area (Å²) in [6, 6.07) is 4.08. The van der Waals surface area contributed by atoms with Gasteiger partial charge < -0.3 is 5.32 Å². The first-order valence-electron chi connectivity index (χ1n) is 6.69. The van der Waals surface area contributed by atoms with Crippen molar-refractivity contribution in [3.63, 3.8) is 0 Å². The lowest BCUT2D eigenvalue weighted by Crippen LogP contribution is -2.21. The van der Waals surface area contributed by atoms with Crippen molar-refractivity contribution >= 4 is 0 Å². The Kier molecular flexibility index (Phi) is 4.32. The smallest absolute Gasteiger partial charge is 0.142 e. The Hall–Kier alpha value is -1.68. The molecular weight excluding hydrogens is 236 g/mol. The van der Waals surface area contributed by atoms with Crippen molar-refractivity contribution in [2.45, 2.75) is 33.7 Å². The van der Waals surface area contributed by atoms with Gasteiger partial charge >= 0.3 is 0 Å². The third kappa shape index (κ3) is 4.17. The Balaban J connectivity index is 1.97. The summed E-state index contributed by atoms with van der Waals surface area (Å²) in [6.45, 7) is 8.63. The molecule has 0 fully saturated rings. The van der Waals surface area contributed by atoms with Crippen molar-refractivity contribution in [3.05, 3.63) is 42.6 Å². The minimum Gasteiger partial charge on any atom is -0.313 e. The molecule has 19 heavy (non-hydrogen) atoms.